The van der Waals surface area contributed by atoms with Crippen LogP contribution in [0.3, 0.4) is 0 Å². The summed E-state index contributed by atoms with van der Waals surface area (Å²) in [7, 11) is 0. The maximum Gasteiger partial charge on any atom is 0.0949 e. The lowest BCUT2D eigenvalue weighted by atomic mass is 10.3. The number of nitrogens with zero attached hydrogens (tertiary/aromatic N) is 3. The molecule has 0 aliphatic carbocycles. The Labute approximate surface area is 78.4 Å². The fourth-order valence-corrected chi connectivity index (χ4v) is 1.56. The van der Waals surface area contributed by atoms with Gasteiger partial charge in [0.2, 0.25) is 0 Å². The van der Waals surface area contributed by atoms with Crippen molar-refractivity contribution in [2.24, 2.45) is 0 Å². The number of imidazole rings is 1. The molecule has 1 aromatic rings. The van der Waals surface area contributed by atoms with Crippen LogP contribution in [-0.2, 0) is 13.1 Å². The highest BCUT2D eigenvalue weighted by atomic mass is 15.2. The van der Waals surface area contributed by atoms with E-state index in [1.54, 1.807) is 0 Å². The van der Waals surface area contributed by atoms with Gasteiger partial charge < -0.3 is 4.57 Å². The first kappa shape index (κ1) is 8.33. The molecule has 1 aromatic heterocycles. The van der Waals surface area contributed by atoms with Crippen molar-refractivity contribution in [3.05, 3.63) is 18.2 Å². The van der Waals surface area contributed by atoms with Gasteiger partial charge in [-0.2, -0.15) is 0 Å². The summed E-state index contributed by atoms with van der Waals surface area (Å²) in [6, 6.07) is 0. The van der Waals surface area contributed by atoms with E-state index in [9.17, 15) is 0 Å². The molecule has 3 heteroatoms. The van der Waals surface area contributed by atoms with Gasteiger partial charge >= 0.3 is 0 Å². The molecule has 0 atom stereocenters. The second-order valence-corrected chi connectivity index (χ2v) is 3.22. The molecule has 0 bridgehead atoms. The number of aromatic nitrogens is 2. The second kappa shape index (κ2) is 3.63. The molecular formula is C10H13N3. The largest absolute Gasteiger partial charge is 0.332 e. The number of hydrogen-bond acceptors (Lipinski definition) is 2. The highest BCUT2D eigenvalue weighted by molar-refractivity contribution is 5.04. The van der Waals surface area contributed by atoms with Crippen molar-refractivity contribution in [2.75, 3.05) is 13.1 Å². The molecule has 2 heterocycles. The summed E-state index contributed by atoms with van der Waals surface area (Å²) in [5.41, 5.74) is 1.30. The molecule has 0 fully saturated rings. The number of fused-ring (bicyclic) bond motifs is 1. The summed E-state index contributed by atoms with van der Waals surface area (Å²) in [6.45, 7) is 5.86. The van der Waals surface area contributed by atoms with Crippen LogP contribution in [0.4, 0.5) is 0 Å². The van der Waals surface area contributed by atoms with Crippen LogP contribution in [0.25, 0.3) is 0 Å². The van der Waals surface area contributed by atoms with Gasteiger partial charge in [0.1, 0.15) is 0 Å². The van der Waals surface area contributed by atoms with E-state index in [2.05, 4.69) is 26.3 Å². The fourth-order valence-electron chi connectivity index (χ4n) is 1.56. The maximum absolute atomic E-state index is 4.12. The predicted molar refractivity (Wildman–Crippen MR) is 51.0 cm³/mol. The Morgan fingerprint density at radius 2 is 2.46 bits per heavy atom. The Morgan fingerprint density at radius 1 is 1.54 bits per heavy atom. The molecule has 0 saturated carbocycles. The summed E-state index contributed by atoms with van der Waals surface area (Å²) in [5, 5.41) is 0. The average Bonchev–Trinajstić information content (AvgIpc) is 2.61. The van der Waals surface area contributed by atoms with Crippen LogP contribution in [0.5, 0.6) is 0 Å². The monoisotopic (exact) mass is 175 g/mol. The number of hydrogen-bond donors (Lipinski definition) is 0. The molecule has 0 amide bonds. The summed E-state index contributed by atoms with van der Waals surface area (Å²) >= 11 is 0. The van der Waals surface area contributed by atoms with E-state index in [0.29, 0.717) is 0 Å². The molecular weight excluding hydrogens is 162 g/mol. The zero-order valence-electron chi connectivity index (χ0n) is 7.82. The fraction of sp³-hybridized carbons (Fsp3) is 0.500. The number of rotatable bonds is 1. The van der Waals surface area contributed by atoms with Crippen LogP contribution >= 0.6 is 0 Å². The van der Waals surface area contributed by atoms with Gasteiger partial charge in [0.05, 0.1) is 18.6 Å². The lowest BCUT2D eigenvalue weighted by Crippen LogP contribution is -2.33. The van der Waals surface area contributed by atoms with Gasteiger partial charge in [-0.05, 0) is 6.92 Å². The molecule has 1 aliphatic rings. The Morgan fingerprint density at radius 3 is 3.31 bits per heavy atom. The van der Waals surface area contributed by atoms with E-state index in [1.807, 2.05) is 19.4 Å². The minimum absolute atomic E-state index is 0.877. The molecule has 0 unspecified atom stereocenters. The minimum Gasteiger partial charge on any atom is -0.332 e. The summed E-state index contributed by atoms with van der Waals surface area (Å²) < 4.78 is 2.20. The van der Waals surface area contributed by atoms with Crippen molar-refractivity contribution in [3.8, 4) is 11.8 Å². The Balaban J connectivity index is 2.03. The van der Waals surface area contributed by atoms with E-state index in [1.165, 1.54) is 5.69 Å². The SMILES string of the molecule is CC#CCN1CCn2cncc2C1. The lowest BCUT2D eigenvalue weighted by molar-refractivity contribution is 0.247. The first-order chi connectivity index (χ1) is 6.40. The van der Waals surface area contributed by atoms with E-state index in [4.69, 9.17) is 0 Å². The maximum atomic E-state index is 4.12. The molecule has 3 nitrogen and oxygen atoms in total. The Bertz CT molecular complexity index is 343. The van der Waals surface area contributed by atoms with Crippen molar-refractivity contribution in [1.29, 1.82) is 0 Å². The molecule has 0 radical (unpaired) electrons. The molecule has 0 saturated heterocycles. The van der Waals surface area contributed by atoms with Gasteiger partial charge in [0.15, 0.2) is 0 Å². The smallest absolute Gasteiger partial charge is 0.0949 e. The van der Waals surface area contributed by atoms with Crippen molar-refractivity contribution in [2.45, 2.75) is 20.0 Å². The first-order valence-electron chi connectivity index (χ1n) is 4.51. The Kier molecular flexibility index (Phi) is 2.33. The van der Waals surface area contributed by atoms with Crippen LogP contribution in [0.2, 0.25) is 0 Å². The van der Waals surface area contributed by atoms with Crippen LogP contribution in [0.1, 0.15) is 12.6 Å². The standard InChI is InChI=1S/C10H13N3/c1-2-3-4-12-5-6-13-9-11-7-10(13)8-12/h7,9H,4-6,8H2,1H3. The first-order valence-corrected chi connectivity index (χ1v) is 4.51. The molecule has 13 heavy (non-hydrogen) atoms. The second-order valence-electron chi connectivity index (χ2n) is 3.22. The summed E-state index contributed by atoms with van der Waals surface area (Å²) in [4.78, 5) is 6.46. The molecule has 1 aliphatic heterocycles. The highest BCUT2D eigenvalue weighted by Crippen LogP contribution is 2.09. The third-order valence-electron chi connectivity index (χ3n) is 2.32. The van der Waals surface area contributed by atoms with E-state index in [0.717, 1.165) is 26.2 Å². The van der Waals surface area contributed by atoms with Crippen molar-refractivity contribution < 1.29 is 0 Å². The average molecular weight is 175 g/mol. The molecule has 68 valence electrons. The lowest BCUT2D eigenvalue weighted by Gasteiger charge is -2.25. The molecule has 0 aromatic carbocycles. The van der Waals surface area contributed by atoms with Crippen LogP contribution in [0.15, 0.2) is 12.5 Å². The van der Waals surface area contributed by atoms with Gasteiger partial charge in [0.25, 0.3) is 0 Å². The van der Waals surface area contributed by atoms with E-state index < -0.39 is 0 Å². The zero-order chi connectivity index (χ0) is 9.10. The van der Waals surface area contributed by atoms with Gasteiger partial charge in [-0.25, -0.2) is 4.98 Å². The van der Waals surface area contributed by atoms with E-state index >= 15 is 0 Å². The van der Waals surface area contributed by atoms with Crippen LogP contribution < -0.4 is 0 Å². The third kappa shape index (κ3) is 1.73. The van der Waals surface area contributed by atoms with Crippen molar-refractivity contribution in [1.82, 2.24) is 14.5 Å². The Hall–Kier alpha value is -1.27. The van der Waals surface area contributed by atoms with Crippen LogP contribution in [-0.4, -0.2) is 27.5 Å². The quantitative estimate of drug-likeness (QED) is 0.586. The third-order valence-corrected chi connectivity index (χ3v) is 2.32. The highest BCUT2D eigenvalue weighted by Gasteiger charge is 2.14. The van der Waals surface area contributed by atoms with E-state index in [-0.39, 0.29) is 0 Å². The molecule has 0 spiro atoms. The van der Waals surface area contributed by atoms with Crippen LogP contribution in [0, 0.1) is 11.8 Å². The summed E-state index contributed by atoms with van der Waals surface area (Å²) in [5.74, 6) is 6.01. The van der Waals surface area contributed by atoms with Gasteiger partial charge in [-0.1, -0.05) is 5.92 Å². The van der Waals surface area contributed by atoms with Crippen molar-refractivity contribution in [3.63, 3.8) is 0 Å². The topological polar surface area (TPSA) is 21.1 Å². The van der Waals surface area contributed by atoms with Gasteiger partial charge in [0, 0.05) is 25.8 Å². The predicted octanol–water partition coefficient (Wildman–Crippen LogP) is 0.722. The minimum atomic E-state index is 0.877. The van der Waals surface area contributed by atoms with Gasteiger partial charge in [-0.15, -0.1) is 5.92 Å². The zero-order valence-corrected chi connectivity index (χ0v) is 7.82. The summed E-state index contributed by atoms with van der Waals surface area (Å²) in [6.07, 6.45) is 3.84. The molecule has 2 rings (SSSR count). The molecule has 0 N–H and O–H groups in total. The van der Waals surface area contributed by atoms with Crippen molar-refractivity contribution >= 4 is 0 Å². The normalized spacial score (nSPS) is 16.1. The van der Waals surface area contributed by atoms with Gasteiger partial charge in [-0.3, -0.25) is 4.90 Å².